The SMILES string of the molecule is C=C(C)c1ccc(-n2cc(C#N)c(-c3ccc(Cl)cc3)c2)cc1C. The molecule has 1 heterocycles. The number of benzene rings is 2. The highest BCUT2D eigenvalue weighted by molar-refractivity contribution is 6.30. The number of nitrogens with zero attached hydrogens (tertiary/aromatic N) is 2. The molecule has 3 heteroatoms. The largest absolute Gasteiger partial charge is 0.322 e. The van der Waals surface area contributed by atoms with Crippen molar-refractivity contribution in [3.05, 3.63) is 83.2 Å². The van der Waals surface area contributed by atoms with Gasteiger partial charge in [-0.3, -0.25) is 0 Å². The van der Waals surface area contributed by atoms with Crippen LogP contribution in [-0.2, 0) is 0 Å². The number of aromatic nitrogens is 1. The first kappa shape index (κ1) is 16.1. The van der Waals surface area contributed by atoms with E-state index >= 15 is 0 Å². The Hall–Kier alpha value is -2.76. The smallest absolute Gasteiger partial charge is 0.101 e. The zero-order valence-electron chi connectivity index (χ0n) is 13.7. The monoisotopic (exact) mass is 332 g/mol. The third-order valence-corrected chi connectivity index (χ3v) is 4.32. The number of halogens is 1. The molecule has 2 nitrogen and oxygen atoms in total. The van der Waals surface area contributed by atoms with Crippen LogP contribution in [0.4, 0.5) is 0 Å². The minimum absolute atomic E-state index is 0.638. The summed E-state index contributed by atoms with van der Waals surface area (Å²) in [5.74, 6) is 0. The molecule has 1 aromatic heterocycles. The van der Waals surface area contributed by atoms with E-state index in [0.29, 0.717) is 10.6 Å². The molecule has 2 aromatic carbocycles. The van der Waals surface area contributed by atoms with Crippen molar-refractivity contribution >= 4 is 17.2 Å². The Balaban J connectivity index is 2.08. The number of nitriles is 1. The molecule has 118 valence electrons. The average molecular weight is 333 g/mol. The second-order valence-electron chi connectivity index (χ2n) is 5.89. The van der Waals surface area contributed by atoms with E-state index in [4.69, 9.17) is 11.6 Å². The molecule has 0 aliphatic rings. The maximum atomic E-state index is 9.47. The van der Waals surface area contributed by atoms with Crippen LogP contribution in [0.25, 0.3) is 22.4 Å². The first-order valence-corrected chi connectivity index (χ1v) is 8.02. The number of allylic oxidation sites excluding steroid dienone is 1. The van der Waals surface area contributed by atoms with Gasteiger partial charge >= 0.3 is 0 Å². The summed E-state index contributed by atoms with van der Waals surface area (Å²) in [6, 6.07) is 16.0. The van der Waals surface area contributed by atoms with E-state index < -0.39 is 0 Å². The van der Waals surface area contributed by atoms with Crippen LogP contribution >= 0.6 is 11.6 Å². The van der Waals surface area contributed by atoms with E-state index in [2.05, 4.69) is 31.7 Å². The van der Waals surface area contributed by atoms with Gasteiger partial charge in [0.05, 0.1) is 5.56 Å². The molecule has 0 aliphatic carbocycles. The number of hydrogen-bond acceptors (Lipinski definition) is 1. The number of aryl methyl sites for hydroxylation is 1. The summed E-state index contributed by atoms with van der Waals surface area (Å²) in [6.07, 6.45) is 3.84. The lowest BCUT2D eigenvalue weighted by atomic mass is 10.0. The van der Waals surface area contributed by atoms with Crippen molar-refractivity contribution in [1.29, 1.82) is 5.26 Å². The molecule has 3 aromatic rings. The first-order chi connectivity index (χ1) is 11.5. The van der Waals surface area contributed by atoms with Crippen molar-refractivity contribution < 1.29 is 0 Å². The highest BCUT2D eigenvalue weighted by atomic mass is 35.5. The summed E-state index contributed by atoms with van der Waals surface area (Å²) in [5.41, 5.74) is 6.91. The summed E-state index contributed by atoms with van der Waals surface area (Å²) < 4.78 is 1.98. The third-order valence-electron chi connectivity index (χ3n) is 4.07. The fraction of sp³-hybridized carbons (Fsp3) is 0.0952. The summed E-state index contributed by atoms with van der Waals surface area (Å²) >= 11 is 5.95. The molecule has 0 unspecified atom stereocenters. The molecule has 0 bridgehead atoms. The van der Waals surface area contributed by atoms with Gasteiger partial charge in [-0.2, -0.15) is 5.26 Å². The second-order valence-corrected chi connectivity index (χ2v) is 6.33. The summed E-state index contributed by atoms with van der Waals surface area (Å²) in [6.45, 7) is 8.08. The Kier molecular flexibility index (Phi) is 4.29. The van der Waals surface area contributed by atoms with Crippen LogP contribution in [0.5, 0.6) is 0 Å². The Morgan fingerprint density at radius 2 is 1.83 bits per heavy atom. The molecule has 24 heavy (non-hydrogen) atoms. The van der Waals surface area contributed by atoms with Crippen LogP contribution in [0.2, 0.25) is 5.02 Å². The second kappa shape index (κ2) is 6.39. The molecule has 0 radical (unpaired) electrons. The maximum absolute atomic E-state index is 9.47. The van der Waals surface area contributed by atoms with Crippen molar-refractivity contribution in [3.63, 3.8) is 0 Å². The van der Waals surface area contributed by atoms with E-state index in [0.717, 1.165) is 28.0 Å². The first-order valence-electron chi connectivity index (χ1n) is 7.64. The molecular weight excluding hydrogens is 316 g/mol. The lowest BCUT2D eigenvalue weighted by Gasteiger charge is -2.09. The number of hydrogen-bond donors (Lipinski definition) is 0. The van der Waals surface area contributed by atoms with Crippen molar-refractivity contribution in [2.45, 2.75) is 13.8 Å². The molecule has 0 aliphatic heterocycles. The van der Waals surface area contributed by atoms with E-state index in [1.54, 1.807) is 0 Å². The van der Waals surface area contributed by atoms with Crippen LogP contribution in [0, 0.1) is 18.3 Å². The Bertz CT molecular complexity index is 956. The van der Waals surface area contributed by atoms with Crippen LogP contribution in [0.1, 0.15) is 23.6 Å². The van der Waals surface area contributed by atoms with E-state index in [9.17, 15) is 5.26 Å². The molecule has 0 saturated heterocycles. The van der Waals surface area contributed by atoms with Crippen molar-refractivity contribution in [1.82, 2.24) is 4.57 Å². The molecule has 0 N–H and O–H groups in total. The fourth-order valence-corrected chi connectivity index (χ4v) is 2.97. The zero-order chi connectivity index (χ0) is 17.3. The summed E-state index contributed by atoms with van der Waals surface area (Å²) in [4.78, 5) is 0. The molecule has 3 rings (SSSR count). The van der Waals surface area contributed by atoms with Gasteiger partial charge in [-0.1, -0.05) is 42.0 Å². The standard InChI is InChI=1S/C21H17ClN2/c1-14(2)20-9-8-19(10-15(20)3)24-12-17(11-23)21(13-24)16-4-6-18(22)7-5-16/h4-10,12-13H,1H2,2-3H3. The fourth-order valence-electron chi connectivity index (χ4n) is 2.84. The van der Waals surface area contributed by atoms with Crippen molar-refractivity contribution in [2.24, 2.45) is 0 Å². The molecule has 0 amide bonds. The van der Waals surface area contributed by atoms with Crippen LogP contribution < -0.4 is 0 Å². The summed E-state index contributed by atoms with van der Waals surface area (Å²) in [5, 5.41) is 10.1. The molecular formula is C21H17ClN2. The van der Waals surface area contributed by atoms with Gasteiger partial charge in [-0.05, 0) is 54.8 Å². The van der Waals surface area contributed by atoms with Gasteiger partial charge in [-0.15, -0.1) is 0 Å². The van der Waals surface area contributed by atoms with Gasteiger partial charge in [0, 0.05) is 28.7 Å². The van der Waals surface area contributed by atoms with Gasteiger partial charge in [-0.25, -0.2) is 0 Å². The highest BCUT2D eigenvalue weighted by Crippen LogP contribution is 2.28. The van der Waals surface area contributed by atoms with Crippen LogP contribution in [0.3, 0.4) is 0 Å². The van der Waals surface area contributed by atoms with Crippen LogP contribution in [-0.4, -0.2) is 4.57 Å². The van der Waals surface area contributed by atoms with Gasteiger partial charge in [0.25, 0.3) is 0 Å². The Morgan fingerprint density at radius 3 is 2.42 bits per heavy atom. The molecule has 0 atom stereocenters. The van der Waals surface area contributed by atoms with Gasteiger partial charge in [0.1, 0.15) is 6.07 Å². The predicted molar refractivity (Wildman–Crippen MR) is 100 cm³/mol. The van der Waals surface area contributed by atoms with E-state index in [1.807, 2.05) is 54.2 Å². The normalized spacial score (nSPS) is 10.4. The van der Waals surface area contributed by atoms with Crippen molar-refractivity contribution in [2.75, 3.05) is 0 Å². The van der Waals surface area contributed by atoms with Gasteiger partial charge in [0.2, 0.25) is 0 Å². The minimum Gasteiger partial charge on any atom is -0.322 e. The molecule has 0 fully saturated rings. The minimum atomic E-state index is 0.638. The summed E-state index contributed by atoms with van der Waals surface area (Å²) in [7, 11) is 0. The molecule has 0 saturated carbocycles. The van der Waals surface area contributed by atoms with E-state index in [1.165, 1.54) is 5.56 Å². The van der Waals surface area contributed by atoms with Gasteiger partial charge in [0.15, 0.2) is 0 Å². The molecule has 0 spiro atoms. The van der Waals surface area contributed by atoms with E-state index in [-0.39, 0.29) is 0 Å². The predicted octanol–water partition coefficient (Wildman–Crippen LogP) is 6.01. The highest BCUT2D eigenvalue weighted by Gasteiger charge is 2.11. The average Bonchev–Trinajstić information content (AvgIpc) is 2.99. The Morgan fingerprint density at radius 1 is 1.12 bits per heavy atom. The van der Waals surface area contributed by atoms with Crippen molar-refractivity contribution in [3.8, 4) is 22.9 Å². The topological polar surface area (TPSA) is 28.7 Å². The van der Waals surface area contributed by atoms with Crippen LogP contribution in [0.15, 0.2) is 61.4 Å². The zero-order valence-corrected chi connectivity index (χ0v) is 14.4. The quantitative estimate of drug-likeness (QED) is 0.577. The number of rotatable bonds is 3. The maximum Gasteiger partial charge on any atom is 0.101 e. The Labute approximate surface area is 147 Å². The lowest BCUT2D eigenvalue weighted by Crippen LogP contribution is -1.93. The lowest BCUT2D eigenvalue weighted by molar-refractivity contribution is 1.07. The third kappa shape index (κ3) is 2.99. The van der Waals surface area contributed by atoms with Gasteiger partial charge < -0.3 is 4.57 Å².